The molecule has 1 unspecified atom stereocenters. The van der Waals surface area contributed by atoms with Gasteiger partial charge in [0.1, 0.15) is 11.9 Å². The van der Waals surface area contributed by atoms with Crippen LogP contribution in [0, 0.1) is 0 Å². The summed E-state index contributed by atoms with van der Waals surface area (Å²) in [6, 6.07) is 15.2. The van der Waals surface area contributed by atoms with Crippen LogP contribution >= 0.6 is 0 Å². The van der Waals surface area contributed by atoms with Crippen LogP contribution in [-0.4, -0.2) is 75.8 Å². The Balaban J connectivity index is 1.12. The minimum atomic E-state index is -0.367. The zero-order chi connectivity index (χ0) is 23.8. The van der Waals surface area contributed by atoms with E-state index in [0.29, 0.717) is 24.4 Å². The number of amides is 2. The molecule has 0 aliphatic carbocycles. The molecule has 2 fully saturated rings. The molecule has 34 heavy (non-hydrogen) atoms. The average molecular weight is 467 g/mol. The first kappa shape index (κ1) is 24.0. The minimum Gasteiger partial charge on any atom is -0.497 e. The maximum Gasteiger partial charge on any atom is 0.253 e. The third kappa shape index (κ3) is 6.48. The number of hydrogen-bond acceptors (Lipinski definition) is 6. The van der Waals surface area contributed by atoms with E-state index in [1.54, 1.807) is 31.4 Å². The number of nitrogens with one attached hydrogen (secondary N) is 2. The largest absolute Gasteiger partial charge is 0.497 e. The Labute approximate surface area is 201 Å². The summed E-state index contributed by atoms with van der Waals surface area (Å²) in [5, 5.41) is 5.84. The molecule has 2 aliphatic heterocycles. The summed E-state index contributed by atoms with van der Waals surface area (Å²) in [6.45, 7) is 6.25. The summed E-state index contributed by atoms with van der Waals surface area (Å²) in [5.41, 5.74) is 2.49. The number of nitrogens with zero attached hydrogens (tertiary/aromatic N) is 2. The predicted octanol–water partition coefficient (Wildman–Crippen LogP) is 2.75. The molecule has 0 spiro atoms. The van der Waals surface area contributed by atoms with E-state index in [4.69, 9.17) is 9.47 Å². The quantitative estimate of drug-likeness (QED) is 0.553. The third-order valence-corrected chi connectivity index (χ3v) is 6.38. The monoisotopic (exact) mass is 466 g/mol. The summed E-state index contributed by atoms with van der Waals surface area (Å²) in [6.07, 6.45) is 2.21. The Morgan fingerprint density at radius 2 is 1.76 bits per heavy atom. The smallest absolute Gasteiger partial charge is 0.253 e. The molecule has 1 atom stereocenters. The van der Waals surface area contributed by atoms with Crippen molar-refractivity contribution >= 4 is 23.2 Å². The van der Waals surface area contributed by atoms with Gasteiger partial charge in [0.25, 0.3) is 11.8 Å². The molecule has 4 rings (SSSR count). The number of anilines is 2. The first-order valence-electron chi connectivity index (χ1n) is 12.0. The van der Waals surface area contributed by atoms with Crippen LogP contribution in [0.2, 0.25) is 0 Å². The zero-order valence-corrected chi connectivity index (χ0v) is 19.8. The summed E-state index contributed by atoms with van der Waals surface area (Å²) in [4.78, 5) is 29.4. The third-order valence-electron chi connectivity index (χ3n) is 6.38. The number of piperazine rings is 1. The van der Waals surface area contributed by atoms with Crippen LogP contribution in [0.15, 0.2) is 48.5 Å². The summed E-state index contributed by atoms with van der Waals surface area (Å²) >= 11 is 0. The molecular formula is C26H34N4O4. The Kier molecular flexibility index (Phi) is 8.38. The average Bonchev–Trinajstić information content (AvgIpc) is 3.43. The highest BCUT2D eigenvalue weighted by atomic mass is 16.5. The molecule has 8 nitrogen and oxygen atoms in total. The van der Waals surface area contributed by atoms with Gasteiger partial charge in [-0.25, -0.2) is 0 Å². The molecule has 2 aliphatic rings. The highest BCUT2D eigenvalue weighted by Crippen LogP contribution is 2.20. The first-order valence-corrected chi connectivity index (χ1v) is 12.0. The second-order valence-electron chi connectivity index (χ2n) is 8.70. The van der Waals surface area contributed by atoms with Crippen molar-refractivity contribution in [1.82, 2.24) is 10.2 Å². The predicted molar refractivity (Wildman–Crippen MR) is 133 cm³/mol. The Hall–Kier alpha value is -3.10. The number of methoxy groups -OCH3 is 1. The van der Waals surface area contributed by atoms with Gasteiger partial charge in [0.2, 0.25) is 0 Å². The van der Waals surface area contributed by atoms with Gasteiger partial charge in [-0.2, -0.15) is 0 Å². The zero-order valence-electron chi connectivity index (χ0n) is 19.8. The molecule has 8 heteroatoms. The molecule has 182 valence electrons. The molecule has 0 aromatic heterocycles. The molecule has 0 bridgehead atoms. The Bertz CT molecular complexity index is 934. The fourth-order valence-corrected chi connectivity index (χ4v) is 4.34. The van der Waals surface area contributed by atoms with Crippen molar-refractivity contribution in [1.29, 1.82) is 0 Å². The second kappa shape index (κ2) is 11.9. The summed E-state index contributed by atoms with van der Waals surface area (Å²) in [5.74, 6) is 0.655. The van der Waals surface area contributed by atoms with Crippen LogP contribution in [-0.2, 0) is 9.53 Å². The SMILES string of the molecule is COc1ccc(N2CCN(CCCNC(=O)c3ccc(NC(=O)C4CCCO4)cc3)CC2)cc1. The lowest BCUT2D eigenvalue weighted by Gasteiger charge is -2.36. The van der Waals surface area contributed by atoms with E-state index in [1.165, 1.54) is 5.69 Å². The van der Waals surface area contributed by atoms with Gasteiger partial charge in [0.05, 0.1) is 7.11 Å². The van der Waals surface area contributed by atoms with Crippen molar-refractivity contribution < 1.29 is 19.1 Å². The number of ether oxygens (including phenoxy) is 2. The topological polar surface area (TPSA) is 83.1 Å². The van der Waals surface area contributed by atoms with Crippen molar-refractivity contribution in [3.63, 3.8) is 0 Å². The van der Waals surface area contributed by atoms with E-state index in [-0.39, 0.29) is 17.9 Å². The van der Waals surface area contributed by atoms with Crippen molar-refractivity contribution in [2.45, 2.75) is 25.4 Å². The van der Waals surface area contributed by atoms with Gasteiger partial charge in [-0.3, -0.25) is 14.5 Å². The lowest BCUT2D eigenvalue weighted by atomic mass is 10.1. The highest BCUT2D eigenvalue weighted by Gasteiger charge is 2.23. The lowest BCUT2D eigenvalue weighted by Crippen LogP contribution is -2.47. The van der Waals surface area contributed by atoms with Gasteiger partial charge in [-0.05, 0) is 74.3 Å². The molecule has 0 saturated carbocycles. The van der Waals surface area contributed by atoms with Crippen LogP contribution in [0.5, 0.6) is 5.75 Å². The van der Waals surface area contributed by atoms with Gasteiger partial charge >= 0.3 is 0 Å². The van der Waals surface area contributed by atoms with E-state index in [9.17, 15) is 9.59 Å². The van der Waals surface area contributed by atoms with E-state index < -0.39 is 0 Å². The maximum absolute atomic E-state index is 12.4. The molecule has 2 aromatic carbocycles. The fourth-order valence-electron chi connectivity index (χ4n) is 4.34. The van der Waals surface area contributed by atoms with Crippen LogP contribution in [0.3, 0.4) is 0 Å². The van der Waals surface area contributed by atoms with Gasteiger partial charge in [-0.1, -0.05) is 0 Å². The molecule has 2 saturated heterocycles. The van der Waals surface area contributed by atoms with Crippen LogP contribution in [0.1, 0.15) is 29.6 Å². The molecular weight excluding hydrogens is 432 g/mol. The maximum atomic E-state index is 12.4. The molecule has 2 aromatic rings. The number of carbonyl (C=O) groups excluding carboxylic acids is 2. The van der Waals surface area contributed by atoms with E-state index in [2.05, 4.69) is 32.6 Å². The number of carbonyl (C=O) groups is 2. The normalized spacial score (nSPS) is 18.5. The van der Waals surface area contributed by atoms with Gasteiger partial charge in [0.15, 0.2) is 0 Å². The lowest BCUT2D eigenvalue weighted by molar-refractivity contribution is -0.124. The van der Waals surface area contributed by atoms with E-state index in [1.807, 2.05) is 12.1 Å². The summed E-state index contributed by atoms with van der Waals surface area (Å²) < 4.78 is 10.6. The molecule has 2 N–H and O–H groups in total. The van der Waals surface area contributed by atoms with Crippen molar-refractivity contribution in [3.8, 4) is 5.75 Å². The van der Waals surface area contributed by atoms with E-state index >= 15 is 0 Å². The minimum absolute atomic E-state index is 0.0960. The second-order valence-corrected chi connectivity index (χ2v) is 8.70. The highest BCUT2D eigenvalue weighted by molar-refractivity contribution is 5.96. The number of hydrogen-bond donors (Lipinski definition) is 2. The van der Waals surface area contributed by atoms with Crippen molar-refractivity contribution in [3.05, 3.63) is 54.1 Å². The van der Waals surface area contributed by atoms with Crippen molar-refractivity contribution in [2.75, 3.05) is 63.2 Å². The summed E-state index contributed by atoms with van der Waals surface area (Å²) in [7, 11) is 1.68. The number of rotatable bonds is 9. The Morgan fingerprint density at radius 3 is 2.41 bits per heavy atom. The van der Waals surface area contributed by atoms with Gasteiger partial charge in [-0.15, -0.1) is 0 Å². The molecule has 2 amide bonds. The van der Waals surface area contributed by atoms with Gasteiger partial charge < -0.3 is 25.0 Å². The fraction of sp³-hybridized carbons (Fsp3) is 0.462. The van der Waals surface area contributed by atoms with Gasteiger partial charge in [0, 0.05) is 56.3 Å². The van der Waals surface area contributed by atoms with E-state index in [0.717, 1.165) is 57.7 Å². The standard InChI is InChI=1S/C26H34N4O4/c1-33-23-11-9-22(10-12-23)30-17-15-29(16-18-30)14-3-13-27-25(31)20-5-7-21(8-6-20)28-26(32)24-4-2-19-34-24/h5-12,24H,2-4,13-19H2,1H3,(H,27,31)(H,28,32). The first-order chi connectivity index (χ1) is 16.6. The van der Waals surface area contributed by atoms with Crippen LogP contribution < -0.4 is 20.3 Å². The number of benzene rings is 2. The van der Waals surface area contributed by atoms with Crippen molar-refractivity contribution in [2.24, 2.45) is 0 Å². The molecule has 0 radical (unpaired) electrons. The Morgan fingerprint density at radius 1 is 1.03 bits per heavy atom. The van der Waals surface area contributed by atoms with Crippen LogP contribution in [0.25, 0.3) is 0 Å². The molecule has 2 heterocycles. The van der Waals surface area contributed by atoms with Crippen LogP contribution in [0.4, 0.5) is 11.4 Å².